The highest BCUT2D eigenvalue weighted by molar-refractivity contribution is 6.30. The average molecular weight is 499 g/mol. The standard InChI is InChI=1S/C29H31ClN6/c1-22-8-6-9-23(2)27(22)36-29(31-32-33-36)28(25-13-15-26(30)16-14-25)35-20-18-34(19-21-35)17-7-12-24-10-4-3-5-11-24/h3-16,28H,17-21H2,1-2H3/b12-7+. The van der Waals surface area contributed by atoms with Gasteiger partial charge in [0.1, 0.15) is 0 Å². The fraction of sp³-hybridized carbons (Fsp3) is 0.276. The van der Waals surface area contributed by atoms with Crippen LogP contribution in [-0.2, 0) is 0 Å². The number of benzene rings is 3. The predicted octanol–water partition coefficient (Wildman–Crippen LogP) is 5.35. The number of hydrogen-bond acceptors (Lipinski definition) is 5. The van der Waals surface area contributed by atoms with Crippen LogP contribution < -0.4 is 0 Å². The van der Waals surface area contributed by atoms with Gasteiger partial charge in [-0.1, -0.05) is 84.4 Å². The van der Waals surface area contributed by atoms with E-state index in [9.17, 15) is 0 Å². The number of tetrazole rings is 1. The molecule has 0 radical (unpaired) electrons. The lowest BCUT2D eigenvalue weighted by atomic mass is 10.0. The molecule has 2 heterocycles. The molecule has 0 aliphatic carbocycles. The molecule has 1 atom stereocenters. The number of piperazine rings is 1. The summed E-state index contributed by atoms with van der Waals surface area (Å²) in [4.78, 5) is 4.97. The summed E-state index contributed by atoms with van der Waals surface area (Å²) < 4.78 is 1.92. The van der Waals surface area contributed by atoms with Crippen molar-refractivity contribution in [2.24, 2.45) is 0 Å². The highest BCUT2D eigenvalue weighted by Crippen LogP contribution is 2.31. The van der Waals surface area contributed by atoms with E-state index in [0.717, 1.165) is 65.9 Å². The minimum Gasteiger partial charge on any atom is -0.297 e. The van der Waals surface area contributed by atoms with Gasteiger partial charge in [0.05, 0.1) is 11.7 Å². The molecule has 1 unspecified atom stereocenters. The third-order valence-electron chi connectivity index (χ3n) is 6.82. The average Bonchev–Trinajstić information content (AvgIpc) is 3.36. The van der Waals surface area contributed by atoms with Crippen LogP contribution in [0.15, 0.2) is 78.9 Å². The van der Waals surface area contributed by atoms with E-state index in [2.05, 4.69) is 106 Å². The van der Waals surface area contributed by atoms with Gasteiger partial charge in [0, 0.05) is 37.7 Å². The van der Waals surface area contributed by atoms with Crippen LogP contribution in [0.1, 0.15) is 34.1 Å². The van der Waals surface area contributed by atoms with Crippen molar-refractivity contribution in [3.8, 4) is 5.69 Å². The third-order valence-corrected chi connectivity index (χ3v) is 7.07. The maximum atomic E-state index is 6.24. The van der Waals surface area contributed by atoms with Crippen molar-refractivity contribution in [2.75, 3.05) is 32.7 Å². The molecular formula is C29H31ClN6. The van der Waals surface area contributed by atoms with Crippen molar-refractivity contribution in [3.63, 3.8) is 0 Å². The van der Waals surface area contributed by atoms with Crippen LogP contribution in [0.5, 0.6) is 0 Å². The monoisotopic (exact) mass is 498 g/mol. The van der Waals surface area contributed by atoms with Gasteiger partial charge < -0.3 is 0 Å². The van der Waals surface area contributed by atoms with Crippen LogP contribution in [0.25, 0.3) is 11.8 Å². The third kappa shape index (κ3) is 5.41. The van der Waals surface area contributed by atoms with E-state index in [1.54, 1.807) is 0 Å². The Morgan fingerprint density at radius 3 is 2.25 bits per heavy atom. The molecule has 36 heavy (non-hydrogen) atoms. The molecule has 1 aliphatic heterocycles. The Balaban J connectivity index is 1.39. The molecular weight excluding hydrogens is 468 g/mol. The summed E-state index contributed by atoms with van der Waals surface area (Å²) in [6, 6.07) is 24.7. The first-order valence-electron chi connectivity index (χ1n) is 12.4. The number of para-hydroxylation sites is 1. The maximum absolute atomic E-state index is 6.24. The zero-order valence-electron chi connectivity index (χ0n) is 20.8. The molecule has 4 aromatic rings. The Hall–Kier alpha value is -3.32. The van der Waals surface area contributed by atoms with Crippen LogP contribution in [0.2, 0.25) is 5.02 Å². The van der Waals surface area contributed by atoms with Gasteiger partial charge in [-0.3, -0.25) is 9.80 Å². The van der Waals surface area contributed by atoms with Crippen molar-refractivity contribution in [3.05, 3.63) is 112 Å². The van der Waals surface area contributed by atoms with E-state index < -0.39 is 0 Å². The molecule has 0 amide bonds. The molecule has 6 nitrogen and oxygen atoms in total. The van der Waals surface area contributed by atoms with E-state index in [1.165, 1.54) is 5.56 Å². The number of nitrogens with zero attached hydrogens (tertiary/aromatic N) is 6. The summed E-state index contributed by atoms with van der Waals surface area (Å²) in [7, 11) is 0. The summed E-state index contributed by atoms with van der Waals surface area (Å²) in [6.45, 7) is 8.95. The van der Waals surface area contributed by atoms with Gasteiger partial charge in [-0.25, -0.2) is 0 Å². The second-order valence-corrected chi connectivity index (χ2v) is 9.73. The molecule has 1 aliphatic rings. The van der Waals surface area contributed by atoms with Crippen LogP contribution in [-0.4, -0.2) is 62.7 Å². The van der Waals surface area contributed by atoms with Gasteiger partial charge in [-0.15, -0.1) is 5.10 Å². The van der Waals surface area contributed by atoms with Gasteiger partial charge in [0.2, 0.25) is 0 Å². The van der Waals surface area contributed by atoms with Crippen molar-refractivity contribution in [2.45, 2.75) is 19.9 Å². The van der Waals surface area contributed by atoms with Gasteiger partial charge >= 0.3 is 0 Å². The van der Waals surface area contributed by atoms with E-state index >= 15 is 0 Å². The Kier molecular flexibility index (Phi) is 7.56. The Labute approximate surface area is 217 Å². The van der Waals surface area contributed by atoms with Crippen LogP contribution >= 0.6 is 11.6 Å². The van der Waals surface area contributed by atoms with Gasteiger partial charge in [0.15, 0.2) is 5.82 Å². The van der Waals surface area contributed by atoms with Gasteiger partial charge in [0.25, 0.3) is 0 Å². The molecule has 1 aromatic heterocycles. The van der Waals surface area contributed by atoms with E-state index in [-0.39, 0.29) is 6.04 Å². The molecule has 0 bridgehead atoms. The normalized spacial score (nSPS) is 16.0. The van der Waals surface area contributed by atoms with Gasteiger partial charge in [-0.2, -0.15) is 4.68 Å². The Bertz CT molecular complexity index is 1290. The Morgan fingerprint density at radius 2 is 1.56 bits per heavy atom. The first-order chi connectivity index (χ1) is 17.6. The highest BCUT2D eigenvalue weighted by atomic mass is 35.5. The molecule has 1 saturated heterocycles. The lowest BCUT2D eigenvalue weighted by Crippen LogP contribution is -2.48. The number of hydrogen-bond donors (Lipinski definition) is 0. The quantitative estimate of drug-likeness (QED) is 0.343. The van der Waals surface area contributed by atoms with E-state index in [0.29, 0.717) is 0 Å². The fourth-order valence-electron chi connectivity index (χ4n) is 4.94. The summed E-state index contributed by atoms with van der Waals surface area (Å²) in [6.07, 6.45) is 4.45. The summed E-state index contributed by atoms with van der Waals surface area (Å²) in [5.74, 6) is 0.826. The number of halogens is 1. The van der Waals surface area contributed by atoms with Crippen molar-refractivity contribution in [1.82, 2.24) is 30.0 Å². The summed E-state index contributed by atoms with van der Waals surface area (Å²) in [5, 5.41) is 13.8. The topological polar surface area (TPSA) is 50.1 Å². The SMILES string of the molecule is Cc1cccc(C)c1-n1nnnc1C(c1ccc(Cl)cc1)N1CCN(C/C=C/c2ccccc2)CC1. The molecule has 1 fully saturated rings. The molecule has 0 saturated carbocycles. The predicted molar refractivity (Wildman–Crippen MR) is 145 cm³/mol. The van der Waals surface area contributed by atoms with E-state index in [4.69, 9.17) is 11.6 Å². The number of rotatable bonds is 7. The maximum Gasteiger partial charge on any atom is 0.178 e. The second kappa shape index (κ2) is 11.2. The summed E-state index contributed by atoms with van der Waals surface area (Å²) >= 11 is 6.24. The van der Waals surface area contributed by atoms with E-state index in [1.807, 2.05) is 22.9 Å². The molecule has 0 spiro atoms. The number of aryl methyl sites for hydroxylation is 2. The molecule has 184 valence electrons. The minimum absolute atomic E-state index is 0.0710. The van der Waals surface area contributed by atoms with Crippen LogP contribution in [0.4, 0.5) is 0 Å². The Morgan fingerprint density at radius 1 is 0.861 bits per heavy atom. The largest absolute Gasteiger partial charge is 0.297 e. The van der Waals surface area contributed by atoms with Gasteiger partial charge in [-0.05, 0) is 58.7 Å². The first-order valence-corrected chi connectivity index (χ1v) is 12.8. The first kappa shape index (κ1) is 24.4. The fourth-order valence-corrected chi connectivity index (χ4v) is 5.06. The highest BCUT2D eigenvalue weighted by Gasteiger charge is 2.31. The van der Waals surface area contributed by atoms with Crippen LogP contribution in [0, 0.1) is 13.8 Å². The smallest absolute Gasteiger partial charge is 0.178 e. The van der Waals surface area contributed by atoms with Crippen molar-refractivity contribution in [1.29, 1.82) is 0 Å². The summed E-state index contributed by atoms with van der Waals surface area (Å²) in [5.41, 5.74) is 5.71. The van der Waals surface area contributed by atoms with Crippen molar-refractivity contribution < 1.29 is 0 Å². The zero-order chi connectivity index (χ0) is 24.9. The second-order valence-electron chi connectivity index (χ2n) is 9.29. The molecule has 7 heteroatoms. The molecule has 5 rings (SSSR count). The lowest BCUT2D eigenvalue weighted by molar-refractivity contribution is 0.113. The van der Waals surface area contributed by atoms with Crippen LogP contribution in [0.3, 0.4) is 0 Å². The number of aromatic nitrogens is 4. The molecule has 0 N–H and O–H groups in total. The van der Waals surface area contributed by atoms with Crippen molar-refractivity contribution >= 4 is 17.7 Å². The minimum atomic E-state index is -0.0710. The molecule has 3 aromatic carbocycles. The lowest BCUT2D eigenvalue weighted by Gasteiger charge is -2.38. The zero-order valence-corrected chi connectivity index (χ0v) is 21.5.